The van der Waals surface area contributed by atoms with Gasteiger partial charge in [-0.15, -0.1) is 0 Å². The lowest BCUT2D eigenvalue weighted by atomic mass is 10.0. The van der Waals surface area contributed by atoms with E-state index in [1.54, 1.807) is 0 Å². The zero-order valence-electron chi connectivity index (χ0n) is 12.8. The van der Waals surface area contributed by atoms with Crippen molar-refractivity contribution < 1.29 is 0 Å². The summed E-state index contributed by atoms with van der Waals surface area (Å²) >= 11 is 1.97. The predicted molar refractivity (Wildman–Crippen MR) is 95.7 cm³/mol. The highest BCUT2D eigenvalue weighted by Crippen LogP contribution is 2.23. The van der Waals surface area contributed by atoms with Crippen LogP contribution >= 0.6 is 11.8 Å². The quantitative estimate of drug-likeness (QED) is 0.671. The molecule has 0 spiro atoms. The van der Waals surface area contributed by atoms with E-state index in [0.29, 0.717) is 0 Å². The van der Waals surface area contributed by atoms with Gasteiger partial charge >= 0.3 is 0 Å². The molecule has 0 saturated carbocycles. The maximum Gasteiger partial charge on any atom is 0.0386 e. The third kappa shape index (κ3) is 5.22. The van der Waals surface area contributed by atoms with Gasteiger partial charge in [-0.25, -0.2) is 0 Å². The molecule has 21 heavy (non-hydrogen) atoms. The van der Waals surface area contributed by atoms with Crippen LogP contribution in [-0.2, 0) is 0 Å². The minimum Gasteiger partial charge on any atom is -0.323 e. The summed E-state index contributed by atoms with van der Waals surface area (Å²) in [5.74, 6) is 2.23. The van der Waals surface area contributed by atoms with Crippen LogP contribution in [-0.4, -0.2) is 11.5 Å². The molecule has 0 aromatic heterocycles. The Morgan fingerprint density at radius 1 is 0.905 bits per heavy atom. The van der Waals surface area contributed by atoms with E-state index in [2.05, 4.69) is 55.5 Å². The maximum absolute atomic E-state index is 6.28. The van der Waals surface area contributed by atoms with Crippen molar-refractivity contribution in [3.05, 3.63) is 60.2 Å². The van der Waals surface area contributed by atoms with Crippen molar-refractivity contribution in [1.29, 1.82) is 0 Å². The van der Waals surface area contributed by atoms with Crippen LogP contribution in [0.5, 0.6) is 0 Å². The number of nitrogens with two attached hydrogens (primary N) is 1. The Hall–Kier alpha value is -1.25. The Balaban J connectivity index is 1.87. The Morgan fingerprint density at radius 3 is 2.24 bits per heavy atom. The Labute approximate surface area is 133 Å². The fourth-order valence-electron chi connectivity index (χ4n) is 2.31. The monoisotopic (exact) mass is 299 g/mol. The van der Waals surface area contributed by atoms with Crippen LogP contribution in [0.25, 0.3) is 11.1 Å². The highest BCUT2D eigenvalue weighted by Gasteiger charge is 2.06. The summed E-state index contributed by atoms with van der Waals surface area (Å²) in [4.78, 5) is 0. The van der Waals surface area contributed by atoms with E-state index in [1.807, 2.05) is 17.8 Å². The molecule has 0 bridgehead atoms. The first-order valence-corrected chi connectivity index (χ1v) is 8.95. The number of thioether (sulfide) groups is 1. The normalized spacial score (nSPS) is 12.3. The lowest BCUT2D eigenvalue weighted by Crippen LogP contribution is -2.13. The third-order valence-corrected chi connectivity index (χ3v) is 4.81. The smallest absolute Gasteiger partial charge is 0.0386 e. The molecule has 112 valence electrons. The van der Waals surface area contributed by atoms with Crippen LogP contribution < -0.4 is 5.73 Å². The van der Waals surface area contributed by atoms with E-state index in [-0.39, 0.29) is 6.04 Å². The predicted octanol–water partition coefficient (Wildman–Crippen LogP) is 5.28. The van der Waals surface area contributed by atoms with Gasteiger partial charge in [0.2, 0.25) is 0 Å². The topological polar surface area (TPSA) is 26.0 Å². The summed E-state index contributed by atoms with van der Waals surface area (Å²) in [6.07, 6.45) is 3.92. The zero-order valence-corrected chi connectivity index (χ0v) is 13.6. The second kappa shape index (κ2) is 8.91. The van der Waals surface area contributed by atoms with Crippen LogP contribution in [0.3, 0.4) is 0 Å². The highest BCUT2D eigenvalue weighted by atomic mass is 32.2. The van der Waals surface area contributed by atoms with Crippen molar-refractivity contribution >= 4 is 11.8 Å². The third-order valence-electron chi connectivity index (χ3n) is 3.64. The molecule has 0 amide bonds. The van der Waals surface area contributed by atoms with Gasteiger partial charge in [-0.05, 0) is 28.9 Å². The summed E-state index contributed by atoms with van der Waals surface area (Å²) in [6, 6.07) is 19.3. The molecule has 0 heterocycles. The molecular formula is C19H25NS. The van der Waals surface area contributed by atoms with Crippen LogP contribution in [0, 0.1) is 0 Å². The molecule has 1 unspecified atom stereocenters. The van der Waals surface area contributed by atoms with Crippen LogP contribution in [0.4, 0.5) is 0 Å². The molecular weight excluding hydrogens is 274 g/mol. The van der Waals surface area contributed by atoms with Crippen molar-refractivity contribution in [1.82, 2.24) is 0 Å². The number of hydrogen-bond donors (Lipinski definition) is 1. The van der Waals surface area contributed by atoms with Crippen LogP contribution in [0.2, 0.25) is 0 Å². The summed E-state index contributed by atoms with van der Waals surface area (Å²) in [6.45, 7) is 2.24. The fourth-order valence-corrected chi connectivity index (χ4v) is 3.34. The highest BCUT2D eigenvalue weighted by molar-refractivity contribution is 7.99. The molecule has 0 aliphatic rings. The van der Waals surface area contributed by atoms with Crippen molar-refractivity contribution in [2.45, 2.75) is 32.2 Å². The molecule has 0 aliphatic carbocycles. The Morgan fingerprint density at radius 2 is 1.57 bits per heavy atom. The van der Waals surface area contributed by atoms with Gasteiger partial charge in [0.15, 0.2) is 0 Å². The van der Waals surface area contributed by atoms with Gasteiger partial charge in [0, 0.05) is 11.8 Å². The van der Waals surface area contributed by atoms with E-state index in [0.717, 1.165) is 5.75 Å². The molecule has 2 rings (SSSR count). The molecule has 1 nitrogen and oxygen atoms in total. The van der Waals surface area contributed by atoms with Crippen LogP contribution in [0.15, 0.2) is 54.6 Å². The van der Waals surface area contributed by atoms with E-state index < -0.39 is 0 Å². The molecule has 1 atom stereocenters. The second-order valence-electron chi connectivity index (χ2n) is 5.38. The van der Waals surface area contributed by atoms with Gasteiger partial charge in [0.25, 0.3) is 0 Å². The van der Waals surface area contributed by atoms with Crippen molar-refractivity contribution in [2.75, 3.05) is 11.5 Å². The van der Waals surface area contributed by atoms with Crippen molar-refractivity contribution in [3.63, 3.8) is 0 Å². The fraction of sp³-hybridized carbons (Fsp3) is 0.368. The summed E-state index contributed by atoms with van der Waals surface area (Å²) in [7, 11) is 0. The first-order chi connectivity index (χ1) is 10.3. The van der Waals surface area contributed by atoms with Gasteiger partial charge < -0.3 is 5.73 Å². The van der Waals surface area contributed by atoms with Crippen molar-refractivity contribution in [2.24, 2.45) is 5.73 Å². The number of hydrogen-bond acceptors (Lipinski definition) is 2. The standard InChI is InChI=1S/C19H25NS/c1-2-3-7-14-21-15-19(20)18-12-10-17(11-13-18)16-8-5-4-6-9-16/h4-6,8-13,19H,2-3,7,14-15,20H2,1H3. The Bertz CT molecular complexity index is 507. The molecule has 2 aromatic carbocycles. The second-order valence-corrected chi connectivity index (χ2v) is 6.53. The van der Waals surface area contributed by atoms with Gasteiger partial charge in [0.05, 0.1) is 0 Å². The Kier molecular flexibility index (Phi) is 6.84. The lowest BCUT2D eigenvalue weighted by Gasteiger charge is -2.12. The number of benzene rings is 2. The van der Waals surface area contributed by atoms with Crippen LogP contribution in [0.1, 0.15) is 37.8 Å². The molecule has 2 aromatic rings. The molecule has 2 N–H and O–H groups in total. The van der Waals surface area contributed by atoms with E-state index >= 15 is 0 Å². The maximum atomic E-state index is 6.28. The molecule has 2 heteroatoms. The average molecular weight is 299 g/mol. The largest absolute Gasteiger partial charge is 0.323 e. The lowest BCUT2D eigenvalue weighted by molar-refractivity contribution is 0.775. The van der Waals surface area contributed by atoms with Gasteiger partial charge in [-0.2, -0.15) is 11.8 Å². The number of rotatable bonds is 8. The van der Waals surface area contributed by atoms with E-state index in [9.17, 15) is 0 Å². The van der Waals surface area contributed by atoms with E-state index in [4.69, 9.17) is 5.73 Å². The summed E-state index contributed by atoms with van der Waals surface area (Å²) in [5, 5.41) is 0. The molecule has 0 fully saturated rings. The average Bonchev–Trinajstić information content (AvgIpc) is 2.55. The van der Waals surface area contributed by atoms with Crippen molar-refractivity contribution in [3.8, 4) is 11.1 Å². The molecule has 0 radical (unpaired) electrons. The van der Waals surface area contributed by atoms with Gasteiger partial charge in [-0.1, -0.05) is 74.4 Å². The first kappa shape index (κ1) is 16.1. The minimum atomic E-state index is 0.140. The summed E-state index contributed by atoms with van der Waals surface area (Å²) < 4.78 is 0. The first-order valence-electron chi connectivity index (χ1n) is 7.80. The molecule has 0 saturated heterocycles. The summed E-state index contributed by atoms with van der Waals surface area (Å²) in [5.41, 5.74) is 10.0. The van der Waals surface area contributed by atoms with Gasteiger partial charge in [0.1, 0.15) is 0 Å². The van der Waals surface area contributed by atoms with E-state index in [1.165, 1.54) is 41.7 Å². The minimum absolute atomic E-state index is 0.140. The molecule has 0 aliphatic heterocycles. The zero-order chi connectivity index (χ0) is 14.9. The number of unbranched alkanes of at least 4 members (excludes halogenated alkanes) is 2. The van der Waals surface area contributed by atoms with Gasteiger partial charge in [-0.3, -0.25) is 0 Å². The SMILES string of the molecule is CCCCCSCC(N)c1ccc(-c2ccccc2)cc1.